The molecule has 0 radical (unpaired) electrons. The van der Waals surface area contributed by atoms with E-state index in [4.69, 9.17) is 10.5 Å². The van der Waals surface area contributed by atoms with E-state index in [2.05, 4.69) is 10.6 Å². The minimum Gasteiger partial charge on any atom is -0.446 e. The topological polar surface area (TPSA) is 111 Å². The molecule has 1 fully saturated rings. The lowest BCUT2D eigenvalue weighted by molar-refractivity contribution is -0.158. The van der Waals surface area contributed by atoms with Crippen LogP contribution >= 0.6 is 0 Å². The number of nitrogens with one attached hydrogen (secondary N) is 2. The molecule has 1 aliphatic rings. The third kappa shape index (κ3) is 5.57. The Kier molecular flexibility index (Phi) is 6.26. The second kappa shape index (κ2) is 9.03. The first-order chi connectivity index (χ1) is 13.5. The van der Waals surface area contributed by atoms with Gasteiger partial charge in [-0.2, -0.15) is 0 Å². The molecule has 0 aliphatic heterocycles. The predicted octanol–water partition coefficient (Wildman–Crippen LogP) is 1.83. The highest BCUT2D eigenvalue weighted by molar-refractivity contribution is 5.88. The van der Waals surface area contributed by atoms with Gasteiger partial charge in [0.15, 0.2) is 0 Å². The maximum atomic E-state index is 12.8. The third-order valence-corrected chi connectivity index (χ3v) is 4.38. The number of ether oxygens (including phenoxy) is 1. The molecule has 3 rings (SSSR count). The van der Waals surface area contributed by atoms with Crippen LogP contribution in [-0.4, -0.2) is 30.0 Å². The average molecular weight is 381 g/mol. The normalized spacial score (nSPS) is 15.1. The van der Waals surface area contributed by atoms with Gasteiger partial charge in [0.05, 0.1) is 0 Å². The lowest BCUT2D eigenvalue weighted by atomic mass is 10.1. The number of rotatable bonds is 8. The predicted molar refractivity (Wildman–Crippen MR) is 103 cm³/mol. The zero-order valence-corrected chi connectivity index (χ0v) is 15.3. The molecule has 7 heteroatoms. The Hall–Kier alpha value is -3.35. The minimum absolute atomic E-state index is 0.126. The number of amides is 3. The Morgan fingerprint density at radius 1 is 1.00 bits per heavy atom. The summed E-state index contributed by atoms with van der Waals surface area (Å²) < 4.78 is 5.54. The number of nitrogens with two attached hydrogens (primary N) is 1. The summed E-state index contributed by atoms with van der Waals surface area (Å²) in [5.74, 6) is -1.10. The van der Waals surface area contributed by atoms with Crippen molar-refractivity contribution in [1.29, 1.82) is 0 Å². The van der Waals surface area contributed by atoms with Gasteiger partial charge in [-0.1, -0.05) is 60.7 Å². The molecule has 7 nitrogen and oxygen atoms in total. The average Bonchev–Trinajstić information content (AvgIpc) is 3.50. The van der Waals surface area contributed by atoms with Crippen molar-refractivity contribution in [3.05, 3.63) is 71.8 Å². The van der Waals surface area contributed by atoms with Crippen LogP contribution in [0.2, 0.25) is 0 Å². The first-order valence-corrected chi connectivity index (χ1v) is 9.18. The quantitative estimate of drug-likeness (QED) is 0.606. The van der Waals surface area contributed by atoms with Gasteiger partial charge in [0.2, 0.25) is 6.10 Å². The molecule has 0 saturated heterocycles. The molecule has 4 N–H and O–H groups in total. The lowest BCUT2D eigenvalue weighted by Crippen LogP contribution is -2.47. The summed E-state index contributed by atoms with van der Waals surface area (Å²) in [7, 11) is 0. The summed E-state index contributed by atoms with van der Waals surface area (Å²) in [6.07, 6.45) is 0.943. The van der Waals surface area contributed by atoms with Gasteiger partial charge in [-0.05, 0) is 18.4 Å². The molecule has 1 aliphatic carbocycles. The largest absolute Gasteiger partial charge is 0.446 e. The Morgan fingerprint density at radius 3 is 2.18 bits per heavy atom. The van der Waals surface area contributed by atoms with Crippen LogP contribution in [0, 0.1) is 0 Å². The van der Waals surface area contributed by atoms with Gasteiger partial charge in [-0.15, -0.1) is 0 Å². The summed E-state index contributed by atoms with van der Waals surface area (Å²) in [6, 6.07) is 16.3. The molecule has 0 bridgehead atoms. The van der Waals surface area contributed by atoms with Crippen molar-refractivity contribution in [2.24, 2.45) is 5.73 Å². The van der Waals surface area contributed by atoms with E-state index in [-0.39, 0.29) is 18.4 Å². The summed E-state index contributed by atoms with van der Waals surface area (Å²) in [6.45, 7) is 0. The maximum absolute atomic E-state index is 12.8. The first-order valence-electron chi connectivity index (χ1n) is 9.18. The Bertz CT molecular complexity index is 822. The van der Waals surface area contributed by atoms with Crippen molar-refractivity contribution in [3.8, 4) is 0 Å². The van der Waals surface area contributed by atoms with Gasteiger partial charge in [0.1, 0.15) is 6.04 Å². The fourth-order valence-corrected chi connectivity index (χ4v) is 2.82. The number of primary amides is 1. The highest BCUT2D eigenvalue weighted by Gasteiger charge is 2.33. The number of carbonyl (C=O) groups is 3. The summed E-state index contributed by atoms with van der Waals surface area (Å²) in [5.41, 5.74) is 6.62. The second-order valence-electron chi connectivity index (χ2n) is 6.76. The van der Waals surface area contributed by atoms with Crippen LogP contribution in [0.4, 0.5) is 4.79 Å². The molecule has 2 aromatic rings. The van der Waals surface area contributed by atoms with Crippen molar-refractivity contribution in [1.82, 2.24) is 10.6 Å². The number of hydrogen-bond donors (Lipinski definition) is 3. The van der Waals surface area contributed by atoms with E-state index >= 15 is 0 Å². The van der Waals surface area contributed by atoms with Gasteiger partial charge in [0, 0.05) is 18.0 Å². The Morgan fingerprint density at radius 2 is 1.61 bits per heavy atom. The van der Waals surface area contributed by atoms with E-state index in [1.807, 2.05) is 36.4 Å². The molecule has 0 spiro atoms. The molecule has 0 aromatic heterocycles. The molecule has 3 amide bonds. The maximum Gasteiger partial charge on any atom is 0.330 e. The molecule has 2 atom stereocenters. The molecular formula is C21H23N3O4. The Balaban J connectivity index is 1.76. The number of hydrogen-bond acceptors (Lipinski definition) is 4. The molecular weight excluding hydrogens is 358 g/mol. The number of benzene rings is 2. The second-order valence-corrected chi connectivity index (χ2v) is 6.76. The highest BCUT2D eigenvalue weighted by atomic mass is 16.5. The van der Waals surface area contributed by atoms with Crippen LogP contribution < -0.4 is 16.4 Å². The summed E-state index contributed by atoms with van der Waals surface area (Å²) >= 11 is 0. The lowest BCUT2D eigenvalue weighted by Gasteiger charge is -2.22. The zero-order chi connectivity index (χ0) is 19.9. The number of urea groups is 1. The van der Waals surface area contributed by atoms with E-state index in [1.165, 1.54) is 0 Å². The van der Waals surface area contributed by atoms with Crippen LogP contribution in [0.15, 0.2) is 60.7 Å². The number of carbonyl (C=O) groups excluding carboxylic acids is 3. The van der Waals surface area contributed by atoms with Gasteiger partial charge >= 0.3 is 12.0 Å². The van der Waals surface area contributed by atoms with Crippen LogP contribution in [0.5, 0.6) is 0 Å². The molecule has 146 valence electrons. The van der Waals surface area contributed by atoms with E-state index in [9.17, 15) is 14.4 Å². The summed E-state index contributed by atoms with van der Waals surface area (Å²) in [5, 5.41) is 5.27. The minimum atomic E-state index is -1.10. The van der Waals surface area contributed by atoms with Crippen LogP contribution in [-0.2, 0) is 20.7 Å². The smallest absolute Gasteiger partial charge is 0.330 e. The molecule has 2 aromatic carbocycles. The van der Waals surface area contributed by atoms with E-state index in [0.29, 0.717) is 5.56 Å². The Labute approximate surface area is 163 Å². The van der Waals surface area contributed by atoms with E-state index in [0.717, 1.165) is 18.4 Å². The fourth-order valence-electron chi connectivity index (χ4n) is 2.82. The number of esters is 1. The highest BCUT2D eigenvalue weighted by Crippen LogP contribution is 2.23. The zero-order valence-electron chi connectivity index (χ0n) is 15.3. The molecule has 0 unspecified atom stereocenters. The van der Waals surface area contributed by atoms with Crippen LogP contribution in [0.3, 0.4) is 0 Å². The van der Waals surface area contributed by atoms with Crippen molar-refractivity contribution in [2.75, 3.05) is 0 Å². The van der Waals surface area contributed by atoms with Crippen molar-refractivity contribution < 1.29 is 19.1 Å². The van der Waals surface area contributed by atoms with Crippen molar-refractivity contribution in [2.45, 2.75) is 37.5 Å². The van der Waals surface area contributed by atoms with Crippen molar-refractivity contribution in [3.63, 3.8) is 0 Å². The van der Waals surface area contributed by atoms with Crippen LogP contribution in [0.1, 0.15) is 30.1 Å². The first kappa shape index (κ1) is 19.4. The summed E-state index contributed by atoms with van der Waals surface area (Å²) in [4.78, 5) is 36.8. The molecule has 0 heterocycles. The van der Waals surface area contributed by atoms with E-state index in [1.54, 1.807) is 24.3 Å². The van der Waals surface area contributed by atoms with Crippen molar-refractivity contribution >= 4 is 17.9 Å². The van der Waals surface area contributed by atoms with Gasteiger partial charge in [-0.3, -0.25) is 4.79 Å². The SMILES string of the molecule is NC(=O)N[C@@H](Cc1ccccc1)C(=O)O[C@H](C(=O)NC1CC1)c1ccccc1. The van der Waals surface area contributed by atoms with Crippen LogP contribution in [0.25, 0.3) is 0 Å². The van der Waals surface area contributed by atoms with E-state index < -0.39 is 24.1 Å². The van der Waals surface area contributed by atoms with Gasteiger partial charge in [-0.25, -0.2) is 9.59 Å². The third-order valence-electron chi connectivity index (χ3n) is 4.38. The fraction of sp³-hybridized carbons (Fsp3) is 0.286. The monoisotopic (exact) mass is 381 g/mol. The standard InChI is InChI=1S/C21H23N3O4/c22-21(27)24-17(13-14-7-3-1-4-8-14)20(26)28-18(15-9-5-2-6-10-15)19(25)23-16-11-12-16/h1-10,16-18H,11-13H2,(H,23,25)(H3,22,24,27)/t17-,18-/m0/s1. The molecule has 1 saturated carbocycles. The van der Waals surface area contributed by atoms with Gasteiger partial charge < -0.3 is 21.1 Å². The van der Waals surface area contributed by atoms with Gasteiger partial charge in [0.25, 0.3) is 5.91 Å². The molecule has 28 heavy (non-hydrogen) atoms.